The van der Waals surface area contributed by atoms with Gasteiger partial charge in [-0.1, -0.05) is 91.3 Å². The lowest BCUT2D eigenvalue weighted by atomic mass is 9.71. The standard InChI is InChI=1S/C60H93F3N2O15Si/c1-18-33(4)49-36(7)24-25-57(79-49)30-42-27-41(78-57)23-22-35(6)48(34(5)20-19-21-40-31-72-52-50(80-81(16,17)56(11,12)13)37(8)26-43(53(66)75-42)59(40,52)69)76-46-28-44(70-14)51(38(9)73-46)77-47-29-45(71-15)58(39(10)74-47,54(67)64-32(2)3)65-55(68)60(61,62)63/h19-22,24-26,32-34,36,38-39,41-52,69H,18,23,27-31H2,1-17H3,(H,64,67)(H,65,68)/b20-19+,35-22+,40-21+/t33-,34-,36-,38-,39-,41+,42-,43-,44-,45-,46-,47-,48-,49+,50+,51-,52+,57+,58+,59+/m0/s1. The van der Waals surface area contributed by atoms with Gasteiger partial charge in [-0.2, -0.15) is 13.2 Å². The van der Waals surface area contributed by atoms with Crippen LogP contribution in [0.4, 0.5) is 13.2 Å². The van der Waals surface area contributed by atoms with E-state index in [1.807, 2.05) is 56.5 Å². The van der Waals surface area contributed by atoms with Crippen LogP contribution in [0.25, 0.3) is 0 Å². The highest BCUT2D eigenvalue weighted by Gasteiger charge is 2.63. The fourth-order valence-electron chi connectivity index (χ4n) is 12.5. The van der Waals surface area contributed by atoms with E-state index in [1.54, 1.807) is 20.8 Å². The average Bonchev–Trinajstić information content (AvgIpc) is 3.98. The summed E-state index contributed by atoms with van der Waals surface area (Å²) in [6, 6.07) is -0.490. The van der Waals surface area contributed by atoms with Crippen LogP contribution in [0.5, 0.6) is 0 Å². The molecule has 6 aliphatic heterocycles. The van der Waals surface area contributed by atoms with Crippen LogP contribution in [-0.2, 0) is 66.2 Å². The molecule has 2 bridgehead atoms. The highest BCUT2D eigenvalue weighted by Crippen LogP contribution is 2.50. The van der Waals surface area contributed by atoms with Crippen molar-refractivity contribution in [2.45, 2.75) is 256 Å². The second kappa shape index (κ2) is 25.3. The molecular weight excluding hydrogens is 1070 g/mol. The lowest BCUT2D eigenvalue weighted by Gasteiger charge is -2.50. The molecule has 2 amide bonds. The number of aliphatic hydroxyl groups is 1. The Bertz CT molecular complexity index is 2410. The lowest BCUT2D eigenvalue weighted by molar-refractivity contribution is -0.316. The third-order valence-electron chi connectivity index (χ3n) is 18.3. The third kappa shape index (κ3) is 13.7. The van der Waals surface area contributed by atoms with Crippen LogP contribution >= 0.6 is 0 Å². The molecule has 0 saturated carbocycles. The summed E-state index contributed by atoms with van der Waals surface area (Å²) in [7, 11) is 0.333. The maximum Gasteiger partial charge on any atom is 0.471 e. The molecule has 4 fully saturated rings. The normalized spacial score (nSPS) is 41.9. The summed E-state index contributed by atoms with van der Waals surface area (Å²) in [5.74, 6) is -6.05. The molecule has 0 aromatic heterocycles. The molecular formula is C60H93F3N2O15Si. The third-order valence-corrected chi connectivity index (χ3v) is 22.8. The first-order valence-corrected chi connectivity index (χ1v) is 32.0. The van der Waals surface area contributed by atoms with Crippen molar-refractivity contribution >= 4 is 26.1 Å². The van der Waals surface area contributed by atoms with Crippen LogP contribution in [0.3, 0.4) is 0 Å². The van der Waals surface area contributed by atoms with E-state index in [4.69, 9.17) is 51.8 Å². The summed E-state index contributed by atoms with van der Waals surface area (Å²) < 4.78 is 113. The van der Waals surface area contributed by atoms with E-state index in [1.165, 1.54) is 21.1 Å². The zero-order valence-electron chi connectivity index (χ0n) is 50.7. The molecule has 458 valence electrons. The molecule has 21 heteroatoms. The largest absolute Gasteiger partial charge is 0.471 e. The van der Waals surface area contributed by atoms with E-state index in [0.29, 0.717) is 18.4 Å². The number of alkyl halides is 3. The highest BCUT2D eigenvalue weighted by molar-refractivity contribution is 6.74. The second-order valence-corrected chi connectivity index (χ2v) is 30.4. The Morgan fingerprint density at radius 2 is 1.59 bits per heavy atom. The Morgan fingerprint density at radius 3 is 2.22 bits per heavy atom. The molecule has 7 aliphatic rings. The van der Waals surface area contributed by atoms with Gasteiger partial charge in [-0.25, -0.2) is 0 Å². The van der Waals surface area contributed by atoms with E-state index < -0.39 is 135 Å². The van der Waals surface area contributed by atoms with Crippen molar-refractivity contribution in [3.05, 3.63) is 59.3 Å². The van der Waals surface area contributed by atoms with Crippen molar-refractivity contribution < 1.29 is 84.5 Å². The number of amides is 2. The minimum absolute atomic E-state index is 0.0482. The number of rotatable bonds is 13. The summed E-state index contributed by atoms with van der Waals surface area (Å²) in [5, 5.41) is 17.7. The summed E-state index contributed by atoms with van der Waals surface area (Å²) in [4.78, 5) is 41.2. The number of carbonyl (C=O) groups is 3. The predicted molar refractivity (Wildman–Crippen MR) is 298 cm³/mol. The van der Waals surface area contributed by atoms with Crippen LogP contribution in [0.2, 0.25) is 18.1 Å². The Balaban J connectivity index is 1.19. The van der Waals surface area contributed by atoms with Crippen LogP contribution in [0.15, 0.2) is 59.3 Å². The monoisotopic (exact) mass is 1170 g/mol. The Hall–Kier alpha value is -3.32. The number of esters is 1. The van der Waals surface area contributed by atoms with Crippen LogP contribution in [0, 0.1) is 23.7 Å². The number of methoxy groups -OCH3 is 2. The van der Waals surface area contributed by atoms with Crippen molar-refractivity contribution in [1.29, 1.82) is 0 Å². The zero-order chi connectivity index (χ0) is 59.9. The van der Waals surface area contributed by atoms with Gasteiger partial charge in [-0.3, -0.25) is 14.4 Å². The van der Waals surface area contributed by atoms with Crippen molar-refractivity contribution in [3.8, 4) is 0 Å². The molecule has 7 rings (SSSR count). The molecule has 0 aromatic rings. The summed E-state index contributed by atoms with van der Waals surface area (Å²) in [6.45, 7) is 29.7. The lowest BCUT2D eigenvalue weighted by Crippen LogP contribution is -2.76. The summed E-state index contributed by atoms with van der Waals surface area (Å²) in [5.41, 5.74) is -1.91. The molecule has 20 atom stereocenters. The average molecular weight is 1170 g/mol. The van der Waals surface area contributed by atoms with Crippen LogP contribution < -0.4 is 10.6 Å². The number of fused-ring (bicyclic) bond motifs is 2. The summed E-state index contributed by atoms with van der Waals surface area (Å²) in [6.07, 6.45) is 0.113. The molecule has 6 heterocycles. The predicted octanol–water partition coefficient (Wildman–Crippen LogP) is 8.99. The SMILES string of the molecule is CC[C@H](C)[C@H]1O[C@]2(C=C[C@@H]1C)C[C@@H]1C[C@@H](C/C=C(\C)[C@@H](O[C@H]3C[C@H](OC)[C@@H](O[C@H]4C[C@H](OC)[C@@](NC(=O)C(F)(F)F)(C(=O)NC(C)C)[C@H](C)O4)[C@H](C)O3)[C@@H](C)/C=C/C=C3\CO[C@@H]4[C@H](O[Si](C)(C)C(C)(C)C)C(C)=C[C@@H](C(=O)O1)[C@]34O)O2. The van der Waals surface area contributed by atoms with Gasteiger partial charge in [-0.05, 0) is 94.8 Å². The second-order valence-electron chi connectivity index (χ2n) is 25.7. The van der Waals surface area contributed by atoms with Crippen molar-refractivity contribution in [2.24, 2.45) is 23.7 Å². The van der Waals surface area contributed by atoms with E-state index in [-0.39, 0.29) is 54.8 Å². The molecule has 3 N–H and O–H groups in total. The first kappa shape index (κ1) is 65.2. The molecule has 81 heavy (non-hydrogen) atoms. The quantitative estimate of drug-likeness (QED) is 0.0897. The van der Waals surface area contributed by atoms with Crippen molar-refractivity contribution in [2.75, 3.05) is 20.8 Å². The number of allylic oxidation sites excluding steroid dienone is 2. The van der Waals surface area contributed by atoms with Gasteiger partial charge in [0.25, 0.3) is 5.91 Å². The van der Waals surface area contributed by atoms with Crippen molar-refractivity contribution in [3.63, 3.8) is 0 Å². The van der Waals surface area contributed by atoms with Gasteiger partial charge in [0.2, 0.25) is 0 Å². The summed E-state index contributed by atoms with van der Waals surface area (Å²) >= 11 is 0. The first-order chi connectivity index (χ1) is 37.7. The Labute approximate surface area is 478 Å². The van der Waals surface area contributed by atoms with E-state index in [9.17, 15) is 32.7 Å². The van der Waals surface area contributed by atoms with E-state index in [0.717, 1.165) is 17.6 Å². The van der Waals surface area contributed by atoms with Crippen LogP contribution in [-0.4, -0.2) is 161 Å². The Kier molecular flexibility index (Phi) is 20.4. The Morgan fingerprint density at radius 1 is 0.901 bits per heavy atom. The van der Waals surface area contributed by atoms with E-state index >= 15 is 0 Å². The minimum atomic E-state index is -5.30. The van der Waals surface area contributed by atoms with Crippen LogP contribution in [0.1, 0.15) is 129 Å². The molecule has 1 spiro atoms. The molecule has 1 aliphatic carbocycles. The molecule has 0 radical (unpaired) electrons. The number of hydrogen-bond acceptors (Lipinski definition) is 15. The number of nitrogens with one attached hydrogen (secondary N) is 2. The van der Waals surface area contributed by atoms with Gasteiger partial charge >= 0.3 is 18.1 Å². The van der Waals surface area contributed by atoms with Gasteiger partial charge in [0.1, 0.15) is 29.8 Å². The maximum atomic E-state index is 14.9. The first-order valence-electron chi connectivity index (χ1n) is 29.1. The van der Waals surface area contributed by atoms with Crippen molar-refractivity contribution in [1.82, 2.24) is 10.6 Å². The van der Waals surface area contributed by atoms with Gasteiger partial charge in [-0.15, -0.1) is 0 Å². The molecule has 17 nitrogen and oxygen atoms in total. The number of hydrogen-bond donors (Lipinski definition) is 3. The zero-order valence-corrected chi connectivity index (χ0v) is 51.7. The van der Waals surface area contributed by atoms with Gasteiger partial charge in [0.05, 0.1) is 55.4 Å². The maximum absolute atomic E-state index is 14.9. The fourth-order valence-corrected chi connectivity index (χ4v) is 13.8. The number of halogens is 3. The van der Waals surface area contributed by atoms with E-state index in [2.05, 4.69) is 72.1 Å². The topological polar surface area (TPSA) is 197 Å². The number of carbonyl (C=O) groups excluding carboxylic acids is 3. The van der Waals surface area contributed by atoms with Gasteiger partial charge < -0.3 is 67.5 Å². The number of ether oxygens (including phenoxy) is 10. The van der Waals surface area contributed by atoms with Gasteiger partial charge in [0, 0.05) is 57.8 Å². The minimum Gasteiger partial charge on any atom is -0.462 e. The fraction of sp³-hybridized carbons (Fsp3) is 0.783. The molecule has 4 saturated heterocycles. The molecule has 0 unspecified atom stereocenters. The smallest absolute Gasteiger partial charge is 0.462 e. The molecule has 0 aromatic carbocycles. The highest BCUT2D eigenvalue weighted by atomic mass is 28.4. The van der Waals surface area contributed by atoms with Gasteiger partial charge in [0.15, 0.2) is 32.2 Å².